The number of rotatable bonds is 5. The van der Waals surface area contributed by atoms with Gasteiger partial charge in [-0.05, 0) is 28.8 Å². The van der Waals surface area contributed by atoms with Crippen molar-refractivity contribution in [1.82, 2.24) is 0 Å². The Bertz CT molecular complexity index is 736. The molecule has 0 amide bonds. The monoisotopic (exact) mass is 300 g/mol. The van der Waals surface area contributed by atoms with E-state index in [1.165, 1.54) is 16.7 Å². The van der Waals surface area contributed by atoms with E-state index in [1.807, 2.05) is 36.4 Å². The first-order valence-corrected chi connectivity index (χ1v) is 7.74. The zero-order chi connectivity index (χ0) is 15.9. The number of nitrogen functional groups attached to an aromatic ring is 1. The molecule has 2 nitrogen and oxygen atoms in total. The molecule has 0 radical (unpaired) electrons. The third-order valence-electron chi connectivity index (χ3n) is 3.73. The largest absolute Gasteiger partial charge is 0.397 e. The highest BCUT2D eigenvalue weighted by Crippen LogP contribution is 2.23. The van der Waals surface area contributed by atoms with Crippen molar-refractivity contribution in [1.29, 1.82) is 0 Å². The molecule has 0 aliphatic rings. The Hall–Kier alpha value is -3.00. The Labute approximate surface area is 137 Å². The molecule has 0 bridgehead atoms. The van der Waals surface area contributed by atoms with Crippen LogP contribution in [0.15, 0.2) is 91.0 Å². The van der Waals surface area contributed by atoms with Crippen LogP contribution in [0.4, 0.5) is 11.4 Å². The maximum absolute atomic E-state index is 5.98. The Morgan fingerprint density at radius 1 is 0.739 bits per heavy atom. The van der Waals surface area contributed by atoms with Crippen LogP contribution in [0.5, 0.6) is 0 Å². The highest BCUT2D eigenvalue weighted by Gasteiger charge is 2.04. The first-order chi connectivity index (χ1) is 11.3. The van der Waals surface area contributed by atoms with E-state index in [2.05, 4.69) is 59.9 Å². The smallest absolute Gasteiger partial charge is 0.0576 e. The Morgan fingerprint density at radius 2 is 1.26 bits per heavy atom. The second-order valence-electron chi connectivity index (χ2n) is 5.32. The summed E-state index contributed by atoms with van der Waals surface area (Å²) in [6.07, 6.45) is 2.21. The molecular weight excluding hydrogens is 280 g/mol. The lowest BCUT2D eigenvalue weighted by molar-refractivity contribution is 1.33. The molecule has 2 heteroatoms. The molecular formula is C21H20N2. The first-order valence-electron chi connectivity index (χ1n) is 7.74. The number of nitrogens with two attached hydrogens (primary N) is 1. The van der Waals surface area contributed by atoms with Crippen LogP contribution in [-0.4, -0.2) is 6.54 Å². The number of hydrogen-bond donors (Lipinski definition) is 2. The molecule has 3 rings (SSSR count). The van der Waals surface area contributed by atoms with Crippen LogP contribution in [0.2, 0.25) is 0 Å². The Balaban J connectivity index is 1.85. The number of nitrogens with one attached hydrogen (secondary N) is 1. The third-order valence-corrected chi connectivity index (χ3v) is 3.73. The summed E-state index contributed by atoms with van der Waals surface area (Å²) < 4.78 is 0. The molecule has 23 heavy (non-hydrogen) atoms. The van der Waals surface area contributed by atoms with Gasteiger partial charge in [0.15, 0.2) is 0 Å². The van der Waals surface area contributed by atoms with E-state index in [1.54, 1.807) is 0 Å². The molecule has 0 aliphatic carbocycles. The summed E-state index contributed by atoms with van der Waals surface area (Å²) in [6.45, 7) is 0.716. The van der Waals surface area contributed by atoms with Crippen molar-refractivity contribution in [3.05, 3.63) is 102 Å². The molecule has 0 atom stereocenters. The normalized spacial score (nSPS) is 10.1. The minimum Gasteiger partial charge on any atom is -0.397 e. The summed E-state index contributed by atoms with van der Waals surface area (Å²) in [5, 5.41) is 3.38. The lowest BCUT2D eigenvalue weighted by Gasteiger charge is -2.11. The van der Waals surface area contributed by atoms with Crippen LogP contribution in [0, 0.1) is 0 Å². The average Bonchev–Trinajstić information content (AvgIpc) is 2.62. The summed E-state index contributed by atoms with van der Waals surface area (Å²) >= 11 is 0. The van der Waals surface area contributed by atoms with E-state index in [9.17, 15) is 0 Å². The van der Waals surface area contributed by atoms with Crippen LogP contribution in [-0.2, 0) is 0 Å². The minimum absolute atomic E-state index is 0.716. The molecule has 3 aromatic rings. The zero-order valence-electron chi connectivity index (χ0n) is 12.9. The van der Waals surface area contributed by atoms with Crippen LogP contribution in [0.25, 0.3) is 5.57 Å². The summed E-state index contributed by atoms with van der Waals surface area (Å²) in [4.78, 5) is 0. The number of anilines is 2. The van der Waals surface area contributed by atoms with Gasteiger partial charge in [0, 0.05) is 6.54 Å². The van der Waals surface area contributed by atoms with E-state index in [0.717, 1.165) is 11.4 Å². The van der Waals surface area contributed by atoms with Gasteiger partial charge < -0.3 is 11.1 Å². The fourth-order valence-electron chi connectivity index (χ4n) is 2.56. The Kier molecular flexibility index (Phi) is 4.75. The molecule has 0 aromatic heterocycles. The van der Waals surface area contributed by atoms with Crippen molar-refractivity contribution in [3.8, 4) is 0 Å². The van der Waals surface area contributed by atoms with Gasteiger partial charge in [-0.1, -0.05) is 78.9 Å². The third kappa shape index (κ3) is 3.80. The van der Waals surface area contributed by atoms with Crippen molar-refractivity contribution in [2.45, 2.75) is 0 Å². The molecule has 114 valence electrons. The Morgan fingerprint density at radius 3 is 1.83 bits per heavy atom. The van der Waals surface area contributed by atoms with E-state index in [-0.39, 0.29) is 0 Å². The van der Waals surface area contributed by atoms with Crippen molar-refractivity contribution in [2.75, 3.05) is 17.6 Å². The van der Waals surface area contributed by atoms with E-state index >= 15 is 0 Å². The first kappa shape index (κ1) is 14.9. The van der Waals surface area contributed by atoms with Gasteiger partial charge in [0.2, 0.25) is 0 Å². The predicted octanol–water partition coefficient (Wildman–Crippen LogP) is 4.81. The van der Waals surface area contributed by atoms with Crippen molar-refractivity contribution in [2.24, 2.45) is 0 Å². The predicted molar refractivity (Wildman–Crippen MR) is 99.3 cm³/mol. The fraction of sp³-hybridized carbons (Fsp3) is 0.0476. The lowest BCUT2D eigenvalue weighted by atomic mass is 9.97. The molecule has 0 heterocycles. The van der Waals surface area contributed by atoms with Crippen LogP contribution >= 0.6 is 0 Å². The molecule has 0 unspecified atom stereocenters. The number of para-hydroxylation sites is 2. The van der Waals surface area contributed by atoms with Gasteiger partial charge in [0.1, 0.15) is 0 Å². The van der Waals surface area contributed by atoms with Gasteiger partial charge in [0.25, 0.3) is 0 Å². The zero-order valence-corrected chi connectivity index (χ0v) is 12.9. The average molecular weight is 300 g/mol. The minimum atomic E-state index is 0.716. The van der Waals surface area contributed by atoms with Gasteiger partial charge in [-0.3, -0.25) is 0 Å². The SMILES string of the molecule is Nc1ccccc1NCC=C(c1ccccc1)c1ccccc1. The van der Waals surface area contributed by atoms with Crippen molar-refractivity contribution < 1.29 is 0 Å². The molecule has 0 saturated heterocycles. The van der Waals surface area contributed by atoms with Gasteiger partial charge in [0.05, 0.1) is 11.4 Å². The topological polar surface area (TPSA) is 38.0 Å². The highest BCUT2D eigenvalue weighted by molar-refractivity contribution is 5.80. The van der Waals surface area contributed by atoms with Gasteiger partial charge in [-0.25, -0.2) is 0 Å². The quantitative estimate of drug-likeness (QED) is 0.663. The van der Waals surface area contributed by atoms with Crippen molar-refractivity contribution in [3.63, 3.8) is 0 Å². The van der Waals surface area contributed by atoms with E-state index in [4.69, 9.17) is 5.73 Å². The standard InChI is InChI=1S/C21H20N2/c22-20-13-7-8-14-21(20)23-16-15-19(17-9-3-1-4-10-17)18-11-5-2-6-12-18/h1-15,23H,16,22H2. The molecule has 0 spiro atoms. The van der Waals surface area contributed by atoms with Gasteiger partial charge >= 0.3 is 0 Å². The summed E-state index contributed by atoms with van der Waals surface area (Å²) in [7, 11) is 0. The summed E-state index contributed by atoms with van der Waals surface area (Å²) in [5.41, 5.74) is 11.3. The summed E-state index contributed by atoms with van der Waals surface area (Å²) in [5.74, 6) is 0. The van der Waals surface area contributed by atoms with E-state index in [0.29, 0.717) is 6.54 Å². The molecule has 0 fully saturated rings. The van der Waals surface area contributed by atoms with Crippen molar-refractivity contribution >= 4 is 16.9 Å². The number of benzene rings is 3. The second kappa shape index (κ2) is 7.32. The maximum Gasteiger partial charge on any atom is 0.0576 e. The second-order valence-corrected chi connectivity index (χ2v) is 5.32. The maximum atomic E-state index is 5.98. The molecule has 3 N–H and O–H groups in total. The molecule has 0 aliphatic heterocycles. The summed E-state index contributed by atoms with van der Waals surface area (Å²) in [6, 6.07) is 28.7. The lowest BCUT2D eigenvalue weighted by Crippen LogP contribution is -2.02. The number of hydrogen-bond acceptors (Lipinski definition) is 2. The van der Waals surface area contributed by atoms with Crippen LogP contribution in [0.1, 0.15) is 11.1 Å². The van der Waals surface area contributed by atoms with E-state index < -0.39 is 0 Å². The fourth-order valence-corrected chi connectivity index (χ4v) is 2.56. The van der Waals surface area contributed by atoms with Gasteiger partial charge in [-0.15, -0.1) is 0 Å². The van der Waals surface area contributed by atoms with Crippen LogP contribution in [0.3, 0.4) is 0 Å². The molecule has 3 aromatic carbocycles. The highest BCUT2D eigenvalue weighted by atomic mass is 14.9. The van der Waals surface area contributed by atoms with Crippen LogP contribution < -0.4 is 11.1 Å². The van der Waals surface area contributed by atoms with Gasteiger partial charge in [-0.2, -0.15) is 0 Å². The molecule has 0 saturated carbocycles.